The van der Waals surface area contributed by atoms with E-state index in [1.165, 1.54) is 12.1 Å². The van der Waals surface area contributed by atoms with Gasteiger partial charge >= 0.3 is 0 Å². The van der Waals surface area contributed by atoms with Crippen molar-refractivity contribution in [2.24, 2.45) is 0 Å². The van der Waals surface area contributed by atoms with Gasteiger partial charge in [-0.15, -0.1) is 5.10 Å². The Morgan fingerprint density at radius 1 is 1.04 bits per heavy atom. The number of aromatic nitrogens is 3. The summed E-state index contributed by atoms with van der Waals surface area (Å²) in [6, 6.07) is 13.1. The Bertz CT molecular complexity index is 894. The summed E-state index contributed by atoms with van der Waals surface area (Å²) in [7, 11) is 0. The third-order valence-corrected chi connectivity index (χ3v) is 3.29. The van der Waals surface area contributed by atoms with Gasteiger partial charge in [0.1, 0.15) is 11.6 Å². The lowest BCUT2D eigenvalue weighted by atomic mass is 10.1. The lowest BCUT2D eigenvalue weighted by Crippen LogP contribution is -1.98. The first kappa shape index (κ1) is 16.6. The van der Waals surface area contributed by atoms with Gasteiger partial charge < -0.3 is 14.9 Å². The van der Waals surface area contributed by atoms with Crippen molar-refractivity contribution in [3.63, 3.8) is 0 Å². The zero-order valence-electron chi connectivity index (χ0n) is 13.0. The third kappa shape index (κ3) is 4.41. The van der Waals surface area contributed by atoms with E-state index in [-0.39, 0.29) is 17.4 Å². The summed E-state index contributed by atoms with van der Waals surface area (Å²) in [6.07, 6.45) is -1.25. The molecular formula is C18H14FN3O3. The predicted octanol–water partition coefficient (Wildman–Crippen LogP) is 2.31. The van der Waals surface area contributed by atoms with Gasteiger partial charge in [0.05, 0.1) is 0 Å². The highest BCUT2D eigenvalue weighted by atomic mass is 19.1. The second-order valence-electron chi connectivity index (χ2n) is 5.12. The largest absolute Gasteiger partial charge is 0.436 e. The molecule has 2 aromatic carbocycles. The van der Waals surface area contributed by atoms with Crippen molar-refractivity contribution in [2.45, 2.75) is 12.7 Å². The topological polar surface area (TPSA) is 91.3 Å². The highest BCUT2D eigenvalue weighted by molar-refractivity contribution is 5.40. The number of aromatic amines is 1. The molecule has 3 aromatic rings. The van der Waals surface area contributed by atoms with Crippen LogP contribution in [0.3, 0.4) is 0 Å². The van der Waals surface area contributed by atoms with Crippen LogP contribution in [0.1, 0.15) is 23.1 Å². The molecule has 0 amide bonds. The Kier molecular flexibility index (Phi) is 5.04. The average molecular weight is 339 g/mol. The summed E-state index contributed by atoms with van der Waals surface area (Å²) in [6.45, 7) is 0. The number of hydrogen-bond acceptors (Lipinski definition) is 5. The van der Waals surface area contributed by atoms with Crippen molar-refractivity contribution in [3.8, 4) is 23.5 Å². The van der Waals surface area contributed by atoms with Gasteiger partial charge in [-0.1, -0.05) is 24.0 Å². The van der Waals surface area contributed by atoms with Crippen molar-refractivity contribution in [3.05, 3.63) is 71.2 Å². The van der Waals surface area contributed by atoms with Crippen molar-refractivity contribution in [1.29, 1.82) is 0 Å². The fourth-order valence-electron chi connectivity index (χ4n) is 2.04. The van der Waals surface area contributed by atoms with E-state index in [9.17, 15) is 4.39 Å². The van der Waals surface area contributed by atoms with Gasteiger partial charge in [-0.05, 0) is 42.0 Å². The summed E-state index contributed by atoms with van der Waals surface area (Å²) < 4.78 is 18.3. The van der Waals surface area contributed by atoms with Gasteiger partial charge in [0.15, 0.2) is 5.69 Å². The van der Waals surface area contributed by atoms with E-state index in [1.807, 2.05) is 0 Å². The first-order chi connectivity index (χ1) is 12.1. The van der Waals surface area contributed by atoms with Gasteiger partial charge in [-0.3, -0.25) is 0 Å². The maximum atomic E-state index is 12.8. The Morgan fingerprint density at radius 3 is 2.44 bits per heavy atom. The molecule has 0 fully saturated rings. The molecule has 1 heterocycles. The third-order valence-electron chi connectivity index (χ3n) is 3.29. The first-order valence-corrected chi connectivity index (χ1v) is 7.40. The van der Waals surface area contributed by atoms with Gasteiger partial charge in [0.25, 0.3) is 5.88 Å². The minimum Gasteiger partial charge on any atom is -0.436 e. The Hall–Kier alpha value is -3.21. The average Bonchev–Trinajstić information content (AvgIpc) is 3.07. The van der Waals surface area contributed by atoms with E-state index in [2.05, 4.69) is 27.3 Å². The van der Waals surface area contributed by atoms with Crippen LogP contribution in [0.15, 0.2) is 48.5 Å². The molecule has 0 bridgehead atoms. The Morgan fingerprint density at radius 2 is 1.76 bits per heavy atom. The monoisotopic (exact) mass is 339 g/mol. The Balaban J connectivity index is 1.63. The molecule has 25 heavy (non-hydrogen) atoms. The summed E-state index contributed by atoms with van der Waals surface area (Å²) in [5.74, 6) is 6.21. The van der Waals surface area contributed by atoms with E-state index in [4.69, 9.17) is 14.9 Å². The molecule has 126 valence electrons. The summed E-state index contributed by atoms with van der Waals surface area (Å²) in [5.41, 5.74) is 1.63. The van der Waals surface area contributed by atoms with Crippen LogP contribution in [-0.4, -0.2) is 25.6 Å². The van der Waals surface area contributed by atoms with Crippen LogP contribution in [0.25, 0.3) is 0 Å². The molecule has 0 unspecified atom stereocenters. The summed E-state index contributed by atoms with van der Waals surface area (Å²) in [4.78, 5) is 0. The van der Waals surface area contributed by atoms with Crippen LogP contribution in [0.2, 0.25) is 0 Å². The molecule has 0 aliphatic heterocycles. The number of nitrogens with one attached hydrogen (secondary N) is 1. The van der Waals surface area contributed by atoms with Crippen LogP contribution in [0, 0.1) is 17.7 Å². The van der Waals surface area contributed by atoms with Gasteiger partial charge in [-0.2, -0.15) is 10.3 Å². The molecule has 0 aliphatic rings. The first-order valence-electron chi connectivity index (χ1n) is 7.40. The molecule has 0 saturated carbocycles. The SMILES string of the molecule is OC(O)c1n[nH]nc1Oc1ccc(C#CCc2ccc(F)cc2)cc1. The minimum atomic E-state index is -1.77. The molecule has 1 aromatic heterocycles. The minimum absolute atomic E-state index is 0.00913. The van der Waals surface area contributed by atoms with Gasteiger partial charge in [0, 0.05) is 12.0 Å². The van der Waals surface area contributed by atoms with Crippen LogP contribution >= 0.6 is 0 Å². The van der Waals surface area contributed by atoms with E-state index < -0.39 is 6.29 Å². The van der Waals surface area contributed by atoms with Gasteiger partial charge in [0.2, 0.25) is 6.29 Å². The van der Waals surface area contributed by atoms with Crippen molar-refractivity contribution < 1.29 is 19.3 Å². The van der Waals surface area contributed by atoms with Crippen LogP contribution < -0.4 is 4.74 Å². The number of aliphatic hydroxyl groups is 2. The maximum Gasteiger partial charge on any atom is 0.267 e. The number of nitrogens with zero attached hydrogens (tertiary/aromatic N) is 2. The van der Waals surface area contributed by atoms with Crippen LogP contribution in [0.4, 0.5) is 4.39 Å². The van der Waals surface area contributed by atoms with Crippen LogP contribution in [0.5, 0.6) is 11.6 Å². The molecule has 0 radical (unpaired) electrons. The molecule has 0 aliphatic carbocycles. The highest BCUT2D eigenvalue weighted by Crippen LogP contribution is 2.24. The number of hydrogen-bond donors (Lipinski definition) is 3. The normalized spacial score (nSPS) is 10.4. The molecule has 3 rings (SSSR count). The molecule has 0 saturated heterocycles. The number of rotatable bonds is 4. The highest BCUT2D eigenvalue weighted by Gasteiger charge is 2.16. The summed E-state index contributed by atoms with van der Waals surface area (Å²) in [5, 5.41) is 27.8. The van der Waals surface area contributed by atoms with E-state index in [0.29, 0.717) is 12.2 Å². The molecule has 6 nitrogen and oxygen atoms in total. The number of halogens is 1. The zero-order chi connectivity index (χ0) is 17.6. The van der Waals surface area contributed by atoms with Crippen molar-refractivity contribution in [2.75, 3.05) is 0 Å². The fourth-order valence-corrected chi connectivity index (χ4v) is 2.04. The molecule has 0 spiro atoms. The van der Waals surface area contributed by atoms with Crippen LogP contribution in [-0.2, 0) is 6.42 Å². The van der Waals surface area contributed by atoms with E-state index in [1.54, 1.807) is 36.4 Å². The summed E-state index contributed by atoms with van der Waals surface area (Å²) >= 11 is 0. The molecule has 0 atom stereocenters. The smallest absolute Gasteiger partial charge is 0.267 e. The molecular weight excluding hydrogens is 325 g/mol. The van der Waals surface area contributed by atoms with E-state index in [0.717, 1.165) is 11.1 Å². The lowest BCUT2D eigenvalue weighted by molar-refractivity contribution is -0.0470. The predicted molar refractivity (Wildman–Crippen MR) is 87.1 cm³/mol. The quantitative estimate of drug-likeness (QED) is 0.501. The Labute approximate surface area is 142 Å². The zero-order valence-corrected chi connectivity index (χ0v) is 13.0. The molecule has 3 N–H and O–H groups in total. The maximum absolute atomic E-state index is 12.8. The number of H-pyrrole nitrogens is 1. The second-order valence-corrected chi connectivity index (χ2v) is 5.12. The van der Waals surface area contributed by atoms with E-state index >= 15 is 0 Å². The number of aliphatic hydroxyl groups excluding tert-OH is 1. The standard InChI is InChI=1S/C18H14FN3O3/c19-14-8-4-12(5-9-14)2-1-3-13-6-10-15(11-7-13)25-17-16(18(23)24)20-22-21-17/h4-11,18,23-24H,2H2,(H,20,21,22). The molecule has 7 heteroatoms. The number of ether oxygens (including phenoxy) is 1. The second kappa shape index (κ2) is 7.57. The van der Waals surface area contributed by atoms with Crippen molar-refractivity contribution in [1.82, 2.24) is 15.4 Å². The van der Waals surface area contributed by atoms with Crippen molar-refractivity contribution >= 4 is 0 Å². The number of benzene rings is 2. The fraction of sp³-hybridized carbons (Fsp3) is 0.111. The van der Waals surface area contributed by atoms with Gasteiger partial charge in [-0.25, -0.2) is 4.39 Å². The lowest BCUT2D eigenvalue weighted by Gasteiger charge is -2.04.